The van der Waals surface area contributed by atoms with Gasteiger partial charge in [-0.05, 0) is 31.4 Å². The van der Waals surface area contributed by atoms with Gasteiger partial charge in [0, 0.05) is 24.8 Å². The summed E-state index contributed by atoms with van der Waals surface area (Å²) in [5, 5.41) is 2.67. The number of hydrogen-bond acceptors (Lipinski definition) is 3. The molecule has 0 aromatic heterocycles. The smallest absolute Gasteiger partial charge is 0.321 e. The van der Waals surface area contributed by atoms with Crippen LogP contribution in [0, 0.1) is 18.7 Å². The lowest BCUT2D eigenvalue weighted by atomic mass is 9.98. The average molecular weight is 309 g/mol. The van der Waals surface area contributed by atoms with E-state index in [-0.39, 0.29) is 17.7 Å². The van der Waals surface area contributed by atoms with Crippen molar-refractivity contribution < 1.29 is 18.7 Å². The zero-order valence-corrected chi connectivity index (χ0v) is 12.7. The Bertz CT molecular complexity index is 592. The molecule has 6 nitrogen and oxygen atoms in total. The van der Waals surface area contributed by atoms with Crippen molar-refractivity contribution in [3.63, 3.8) is 0 Å². The van der Waals surface area contributed by atoms with Crippen molar-refractivity contribution in [3.8, 4) is 5.75 Å². The van der Waals surface area contributed by atoms with Crippen molar-refractivity contribution in [2.45, 2.75) is 19.8 Å². The van der Waals surface area contributed by atoms with Gasteiger partial charge in [-0.3, -0.25) is 4.79 Å². The number of amides is 3. The molecule has 7 heteroatoms. The number of ether oxygens (including phenoxy) is 1. The zero-order chi connectivity index (χ0) is 16.3. The summed E-state index contributed by atoms with van der Waals surface area (Å²) in [4.78, 5) is 25.0. The molecule has 22 heavy (non-hydrogen) atoms. The van der Waals surface area contributed by atoms with Crippen LogP contribution in [0.1, 0.15) is 18.4 Å². The fraction of sp³-hybridized carbons (Fsp3) is 0.467. The molecule has 0 radical (unpaired) electrons. The first-order valence-electron chi connectivity index (χ1n) is 7.11. The van der Waals surface area contributed by atoms with Crippen LogP contribution in [0.3, 0.4) is 0 Å². The molecule has 1 aromatic rings. The topological polar surface area (TPSA) is 84.7 Å². The summed E-state index contributed by atoms with van der Waals surface area (Å²) >= 11 is 0. The van der Waals surface area contributed by atoms with Crippen LogP contribution >= 0.6 is 0 Å². The third-order valence-corrected chi connectivity index (χ3v) is 3.85. The number of nitrogens with zero attached hydrogens (tertiary/aromatic N) is 1. The van der Waals surface area contributed by atoms with Crippen LogP contribution in [-0.4, -0.2) is 37.0 Å². The second-order valence-electron chi connectivity index (χ2n) is 5.42. The van der Waals surface area contributed by atoms with Crippen molar-refractivity contribution in [2.24, 2.45) is 11.7 Å². The Morgan fingerprint density at radius 2 is 2.18 bits per heavy atom. The number of aryl methyl sites for hydroxylation is 1. The predicted octanol–water partition coefficient (Wildman–Crippen LogP) is 1.87. The Morgan fingerprint density at radius 1 is 1.45 bits per heavy atom. The van der Waals surface area contributed by atoms with Gasteiger partial charge in [0.25, 0.3) is 0 Å². The second kappa shape index (κ2) is 6.64. The van der Waals surface area contributed by atoms with Gasteiger partial charge in [0.05, 0.1) is 13.0 Å². The van der Waals surface area contributed by atoms with Crippen LogP contribution in [0.15, 0.2) is 12.1 Å². The van der Waals surface area contributed by atoms with E-state index >= 15 is 0 Å². The number of halogens is 1. The fourth-order valence-corrected chi connectivity index (χ4v) is 2.53. The number of carbonyl (C=O) groups is 2. The third-order valence-electron chi connectivity index (χ3n) is 3.85. The lowest BCUT2D eigenvalue weighted by Crippen LogP contribution is -2.45. The minimum Gasteiger partial charge on any atom is -0.494 e. The summed E-state index contributed by atoms with van der Waals surface area (Å²) in [7, 11) is 1.38. The van der Waals surface area contributed by atoms with E-state index in [0.717, 1.165) is 6.42 Å². The van der Waals surface area contributed by atoms with E-state index in [1.165, 1.54) is 24.1 Å². The normalized spacial score (nSPS) is 18.0. The summed E-state index contributed by atoms with van der Waals surface area (Å²) in [6.07, 6.45) is 1.41. The summed E-state index contributed by atoms with van der Waals surface area (Å²) in [5.41, 5.74) is 6.37. The van der Waals surface area contributed by atoms with Gasteiger partial charge in [-0.2, -0.15) is 0 Å². The van der Waals surface area contributed by atoms with Crippen LogP contribution in [-0.2, 0) is 4.79 Å². The zero-order valence-electron chi connectivity index (χ0n) is 12.7. The van der Waals surface area contributed by atoms with Gasteiger partial charge < -0.3 is 20.7 Å². The predicted molar refractivity (Wildman–Crippen MR) is 80.2 cm³/mol. The standard InChI is InChI=1S/C15H20FN3O3/c1-9-6-13(22-2)11(16)7-12(9)18-15(21)19-5-3-4-10(8-19)14(17)20/h6-7,10H,3-5,8H2,1-2H3,(H2,17,20)(H,18,21)/t10-/m1/s1. The Balaban J connectivity index is 2.08. The average Bonchev–Trinajstić information content (AvgIpc) is 2.50. The fourth-order valence-electron chi connectivity index (χ4n) is 2.53. The number of methoxy groups -OCH3 is 1. The number of anilines is 1. The van der Waals surface area contributed by atoms with Crippen molar-refractivity contribution in [3.05, 3.63) is 23.5 Å². The number of primary amides is 1. The molecule has 3 amide bonds. The number of piperidine rings is 1. The van der Waals surface area contributed by atoms with Gasteiger partial charge in [-0.15, -0.1) is 0 Å². The molecule has 1 fully saturated rings. The first-order chi connectivity index (χ1) is 10.4. The van der Waals surface area contributed by atoms with Gasteiger partial charge in [-0.25, -0.2) is 9.18 Å². The van der Waals surface area contributed by atoms with Crippen molar-refractivity contribution in [2.75, 3.05) is 25.5 Å². The number of carbonyl (C=O) groups excluding carboxylic acids is 2. The Kier molecular flexibility index (Phi) is 4.85. The Hall–Kier alpha value is -2.31. The first kappa shape index (κ1) is 16.1. The molecule has 0 saturated carbocycles. The molecule has 120 valence electrons. The van der Waals surface area contributed by atoms with Gasteiger partial charge >= 0.3 is 6.03 Å². The van der Waals surface area contributed by atoms with Crippen molar-refractivity contribution >= 4 is 17.6 Å². The highest BCUT2D eigenvalue weighted by molar-refractivity contribution is 5.91. The molecule has 1 saturated heterocycles. The highest BCUT2D eigenvalue weighted by atomic mass is 19.1. The number of rotatable bonds is 3. The maximum atomic E-state index is 13.7. The minimum atomic E-state index is -0.544. The van der Waals surface area contributed by atoms with Gasteiger partial charge in [-0.1, -0.05) is 0 Å². The lowest BCUT2D eigenvalue weighted by Gasteiger charge is -2.31. The molecule has 0 unspecified atom stereocenters. The van der Waals surface area contributed by atoms with Gasteiger partial charge in [0.2, 0.25) is 5.91 Å². The summed E-state index contributed by atoms with van der Waals surface area (Å²) in [5.74, 6) is -1.14. The van der Waals surface area contributed by atoms with E-state index < -0.39 is 11.7 Å². The number of urea groups is 1. The van der Waals surface area contributed by atoms with E-state index in [1.54, 1.807) is 6.92 Å². The van der Waals surface area contributed by atoms with Crippen molar-refractivity contribution in [1.82, 2.24) is 4.90 Å². The minimum absolute atomic E-state index is 0.127. The monoisotopic (exact) mass is 309 g/mol. The van der Waals surface area contributed by atoms with Crippen LogP contribution in [0.25, 0.3) is 0 Å². The molecule has 1 aromatic carbocycles. The van der Waals surface area contributed by atoms with Crippen LogP contribution in [0.2, 0.25) is 0 Å². The molecule has 1 aliphatic rings. The van der Waals surface area contributed by atoms with E-state index in [1.807, 2.05) is 0 Å². The lowest BCUT2D eigenvalue weighted by molar-refractivity contribution is -0.123. The highest BCUT2D eigenvalue weighted by Gasteiger charge is 2.27. The molecular formula is C15H20FN3O3. The molecule has 0 aliphatic carbocycles. The van der Waals surface area contributed by atoms with Gasteiger partial charge in [0.15, 0.2) is 11.6 Å². The summed E-state index contributed by atoms with van der Waals surface area (Å²) in [6.45, 7) is 2.59. The van der Waals surface area contributed by atoms with E-state index in [2.05, 4.69) is 5.32 Å². The molecule has 1 atom stereocenters. The molecule has 0 spiro atoms. The maximum absolute atomic E-state index is 13.7. The number of benzene rings is 1. The molecule has 1 heterocycles. The van der Waals surface area contributed by atoms with E-state index in [4.69, 9.17) is 10.5 Å². The van der Waals surface area contributed by atoms with Crippen LogP contribution in [0.5, 0.6) is 5.75 Å². The molecule has 0 bridgehead atoms. The van der Waals surface area contributed by atoms with E-state index in [0.29, 0.717) is 30.8 Å². The summed E-state index contributed by atoms with van der Waals surface area (Å²) in [6, 6.07) is 2.38. The highest BCUT2D eigenvalue weighted by Crippen LogP contribution is 2.26. The Morgan fingerprint density at radius 3 is 2.82 bits per heavy atom. The maximum Gasteiger partial charge on any atom is 0.321 e. The number of nitrogens with two attached hydrogens (primary N) is 1. The number of nitrogens with one attached hydrogen (secondary N) is 1. The third kappa shape index (κ3) is 3.47. The van der Waals surface area contributed by atoms with Crippen molar-refractivity contribution in [1.29, 1.82) is 0 Å². The molecule has 2 rings (SSSR count). The number of likely N-dealkylation sites (tertiary alicyclic amines) is 1. The summed E-state index contributed by atoms with van der Waals surface area (Å²) < 4.78 is 18.6. The first-order valence-corrected chi connectivity index (χ1v) is 7.11. The molecular weight excluding hydrogens is 289 g/mol. The number of hydrogen-bond donors (Lipinski definition) is 2. The van der Waals surface area contributed by atoms with Crippen LogP contribution in [0.4, 0.5) is 14.9 Å². The van der Waals surface area contributed by atoms with Crippen LogP contribution < -0.4 is 15.8 Å². The molecule has 3 N–H and O–H groups in total. The quantitative estimate of drug-likeness (QED) is 0.894. The second-order valence-corrected chi connectivity index (χ2v) is 5.42. The SMILES string of the molecule is COc1cc(C)c(NC(=O)N2CCC[C@@H](C(N)=O)C2)cc1F. The van der Waals surface area contributed by atoms with Gasteiger partial charge in [0.1, 0.15) is 0 Å². The van der Waals surface area contributed by atoms with E-state index in [9.17, 15) is 14.0 Å². The molecule has 1 aliphatic heterocycles. The Labute approximate surface area is 128 Å². The largest absolute Gasteiger partial charge is 0.494 e.